The molecule has 0 unspecified atom stereocenters. The van der Waals surface area contributed by atoms with Crippen molar-refractivity contribution in [3.05, 3.63) is 48.8 Å². The molecule has 1 aromatic heterocycles. The van der Waals surface area contributed by atoms with Gasteiger partial charge in [0.15, 0.2) is 0 Å². The number of carbonyl (C=O) groups is 1. The maximum atomic E-state index is 11.7. The topological polar surface area (TPSA) is 43.3 Å². The fraction of sp³-hybridized carbons (Fsp3) is 0.267. The van der Waals surface area contributed by atoms with Crippen LogP contribution in [0.3, 0.4) is 0 Å². The van der Waals surface area contributed by atoms with Crippen molar-refractivity contribution in [3.8, 4) is 5.69 Å². The Balaban J connectivity index is 2.10. The third-order valence-electron chi connectivity index (χ3n) is 2.39. The van der Waals surface area contributed by atoms with E-state index in [1.54, 1.807) is 0 Å². The van der Waals surface area contributed by atoms with E-state index in [2.05, 4.69) is 5.32 Å². The first kappa shape index (κ1) is 13.2. The fourth-order valence-corrected chi connectivity index (χ4v) is 1.67. The highest BCUT2D eigenvalue weighted by molar-refractivity contribution is 5.85. The van der Waals surface area contributed by atoms with E-state index in [0.29, 0.717) is 5.69 Å². The quantitative estimate of drug-likeness (QED) is 0.889. The molecule has 0 fully saturated rings. The minimum absolute atomic E-state index is 0.447. The molecule has 19 heavy (non-hydrogen) atoms. The Bertz CT molecular complexity index is 554. The molecule has 1 N–H and O–H groups in total. The molecule has 0 spiro atoms. The molecule has 4 nitrogen and oxygen atoms in total. The van der Waals surface area contributed by atoms with Crippen molar-refractivity contribution in [3.63, 3.8) is 0 Å². The summed E-state index contributed by atoms with van der Waals surface area (Å²) >= 11 is 0. The normalized spacial score (nSPS) is 11.1. The predicted molar refractivity (Wildman–Crippen MR) is 75.6 cm³/mol. The first-order chi connectivity index (χ1) is 8.94. The number of carbonyl (C=O) groups excluding carboxylic acids is 1. The van der Waals surface area contributed by atoms with Crippen LogP contribution in [0.4, 0.5) is 10.5 Å². The van der Waals surface area contributed by atoms with Gasteiger partial charge in [0.05, 0.1) is 0 Å². The summed E-state index contributed by atoms with van der Waals surface area (Å²) in [5.41, 5.74) is 1.20. The second-order valence-electron chi connectivity index (χ2n) is 5.27. The van der Waals surface area contributed by atoms with Gasteiger partial charge in [0.25, 0.3) is 0 Å². The molecule has 0 aliphatic rings. The van der Waals surface area contributed by atoms with E-state index < -0.39 is 11.7 Å². The molecule has 1 heterocycles. The molecule has 0 saturated carbocycles. The molecule has 0 aliphatic carbocycles. The lowest BCUT2D eigenvalue weighted by atomic mass is 10.2. The van der Waals surface area contributed by atoms with Crippen LogP contribution in [0.2, 0.25) is 0 Å². The first-order valence-corrected chi connectivity index (χ1v) is 6.17. The molecule has 0 radical (unpaired) electrons. The molecular formula is C15H18N2O2. The Labute approximate surface area is 113 Å². The summed E-state index contributed by atoms with van der Waals surface area (Å²) in [6.07, 6.45) is 3.45. The number of ether oxygens (including phenoxy) is 1. The maximum Gasteiger partial charge on any atom is 0.412 e. The average molecular weight is 258 g/mol. The lowest BCUT2D eigenvalue weighted by Crippen LogP contribution is -2.27. The predicted octanol–water partition coefficient (Wildman–Crippen LogP) is 3.82. The third-order valence-corrected chi connectivity index (χ3v) is 2.39. The second-order valence-corrected chi connectivity index (χ2v) is 5.27. The molecule has 1 aromatic carbocycles. The van der Waals surface area contributed by atoms with E-state index in [4.69, 9.17) is 4.74 Å². The number of hydrogen-bond donors (Lipinski definition) is 1. The zero-order valence-electron chi connectivity index (χ0n) is 11.4. The van der Waals surface area contributed by atoms with Crippen LogP contribution in [0.25, 0.3) is 5.69 Å². The largest absolute Gasteiger partial charge is 0.444 e. The van der Waals surface area contributed by atoms with Crippen molar-refractivity contribution in [1.29, 1.82) is 0 Å². The van der Waals surface area contributed by atoms with E-state index >= 15 is 0 Å². The molecule has 2 rings (SSSR count). The minimum Gasteiger partial charge on any atom is -0.444 e. The Morgan fingerprint density at radius 3 is 2.47 bits per heavy atom. The number of aromatic nitrogens is 1. The van der Waals surface area contributed by atoms with Crippen LogP contribution in [-0.4, -0.2) is 16.3 Å². The third kappa shape index (κ3) is 3.88. The van der Waals surface area contributed by atoms with Crippen molar-refractivity contribution in [2.75, 3.05) is 5.32 Å². The van der Waals surface area contributed by atoms with Gasteiger partial charge in [-0.1, -0.05) is 6.07 Å². The molecule has 0 atom stereocenters. The minimum atomic E-state index is -0.498. The van der Waals surface area contributed by atoms with Crippen molar-refractivity contribution >= 4 is 11.8 Å². The van der Waals surface area contributed by atoms with Gasteiger partial charge < -0.3 is 9.30 Å². The van der Waals surface area contributed by atoms with E-state index in [1.165, 1.54) is 0 Å². The van der Waals surface area contributed by atoms with Gasteiger partial charge in [0.1, 0.15) is 5.60 Å². The number of nitrogens with zero attached hydrogens (tertiary/aromatic N) is 1. The Morgan fingerprint density at radius 2 is 1.84 bits per heavy atom. The van der Waals surface area contributed by atoms with Crippen LogP contribution >= 0.6 is 0 Å². The van der Waals surface area contributed by atoms with Crippen LogP contribution < -0.4 is 5.32 Å². The van der Waals surface area contributed by atoms with E-state index in [-0.39, 0.29) is 0 Å². The maximum absolute atomic E-state index is 11.7. The number of amides is 1. The molecule has 4 heteroatoms. The van der Waals surface area contributed by atoms with Crippen molar-refractivity contribution in [2.24, 2.45) is 0 Å². The van der Waals surface area contributed by atoms with Gasteiger partial charge in [-0.25, -0.2) is 4.79 Å². The Morgan fingerprint density at radius 1 is 1.16 bits per heavy atom. The molecule has 1 amide bonds. The van der Waals surface area contributed by atoms with Gasteiger partial charge in [0.2, 0.25) is 0 Å². The number of benzene rings is 1. The number of rotatable bonds is 2. The number of hydrogen-bond acceptors (Lipinski definition) is 2. The van der Waals surface area contributed by atoms with E-state index in [0.717, 1.165) is 5.69 Å². The molecule has 0 bridgehead atoms. The van der Waals surface area contributed by atoms with Gasteiger partial charge >= 0.3 is 6.09 Å². The summed E-state index contributed by atoms with van der Waals surface area (Å²) in [5.74, 6) is 0. The molecule has 0 aliphatic heterocycles. The van der Waals surface area contributed by atoms with Crippen LogP contribution in [-0.2, 0) is 4.74 Å². The van der Waals surface area contributed by atoms with Crippen molar-refractivity contribution in [2.45, 2.75) is 26.4 Å². The van der Waals surface area contributed by atoms with Crippen molar-refractivity contribution < 1.29 is 9.53 Å². The van der Waals surface area contributed by atoms with Crippen LogP contribution in [0.5, 0.6) is 0 Å². The lowest BCUT2D eigenvalue weighted by molar-refractivity contribution is 0.0636. The van der Waals surface area contributed by atoms with Gasteiger partial charge in [-0.3, -0.25) is 5.32 Å². The number of nitrogens with one attached hydrogen (secondary N) is 1. The lowest BCUT2D eigenvalue weighted by Gasteiger charge is -2.19. The monoisotopic (exact) mass is 258 g/mol. The highest BCUT2D eigenvalue weighted by Crippen LogP contribution is 2.16. The summed E-state index contributed by atoms with van der Waals surface area (Å²) in [6.45, 7) is 5.51. The van der Waals surface area contributed by atoms with Gasteiger partial charge in [-0.2, -0.15) is 0 Å². The first-order valence-electron chi connectivity index (χ1n) is 6.17. The number of anilines is 1. The van der Waals surface area contributed by atoms with Gasteiger partial charge in [-0.15, -0.1) is 0 Å². The SMILES string of the molecule is CC(C)(C)OC(=O)Nc1cccc(-n2cccc2)c1. The van der Waals surface area contributed by atoms with Gasteiger partial charge in [0, 0.05) is 23.8 Å². The summed E-state index contributed by atoms with van der Waals surface area (Å²) in [6, 6.07) is 11.5. The molecule has 100 valence electrons. The highest BCUT2D eigenvalue weighted by Gasteiger charge is 2.16. The highest BCUT2D eigenvalue weighted by atomic mass is 16.6. The zero-order valence-corrected chi connectivity index (χ0v) is 11.4. The fourth-order valence-electron chi connectivity index (χ4n) is 1.67. The standard InChI is InChI=1S/C15H18N2O2/c1-15(2,3)19-14(18)16-12-7-6-8-13(11-12)17-9-4-5-10-17/h4-11H,1-3H3,(H,16,18). The van der Waals surface area contributed by atoms with E-state index in [9.17, 15) is 4.79 Å². The average Bonchev–Trinajstić information content (AvgIpc) is 2.79. The summed E-state index contributed by atoms with van der Waals surface area (Å²) in [5, 5.41) is 2.73. The van der Waals surface area contributed by atoms with E-state index in [1.807, 2.05) is 74.1 Å². The van der Waals surface area contributed by atoms with Crippen LogP contribution in [0, 0.1) is 0 Å². The Hall–Kier alpha value is -2.23. The summed E-state index contributed by atoms with van der Waals surface area (Å²) < 4.78 is 7.19. The molecule has 0 saturated heterocycles. The molecular weight excluding hydrogens is 240 g/mol. The summed E-state index contributed by atoms with van der Waals surface area (Å²) in [7, 11) is 0. The smallest absolute Gasteiger partial charge is 0.412 e. The molecule has 2 aromatic rings. The second kappa shape index (κ2) is 5.18. The van der Waals surface area contributed by atoms with Crippen LogP contribution in [0.15, 0.2) is 48.8 Å². The zero-order chi connectivity index (χ0) is 13.9. The Kier molecular flexibility index (Phi) is 3.60. The summed E-state index contributed by atoms with van der Waals surface area (Å²) in [4.78, 5) is 11.7. The van der Waals surface area contributed by atoms with Crippen LogP contribution in [0.1, 0.15) is 20.8 Å². The van der Waals surface area contributed by atoms with Crippen molar-refractivity contribution in [1.82, 2.24) is 4.57 Å². The van der Waals surface area contributed by atoms with Gasteiger partial charge in [-0.05, 0) is 51.1 Å².